The molecule has 0 atom stereocenters. The van der Waals surface area contributed by atoms with Gasteiger partial charge in [0.25, 0.3) is 0 Å². The fourth-order valence-electron chi connectivity index (χ4n) is 4.50. The summed E-state index contributed by atoms with van der Waals surface area (Å²) in [5, 5.41) is 8.69. The largest absolute Gasteiger partial charge is 2.00 e. The van der Waals surface area contributed by atoms with Gasteiger partial charge in [-0.1, -0.05) is 72.8 Å². The van der Waals surface area contributed by atoms with E-state index in [0.29, 0.717) is 0 Å². The maximum atomic E-state index is 2.24. The molecular weight excluding hydrogens is 633 g/mol. The third-order valence-corrected chi connectivity index (χ3v) is 11.6. The van der Waals surface area contributed by atoms with Crippen LogP contribution in [0.15, 0.2) is 170 Å². The molecule has 0 bridgehead atoms. The summed E-state index contributed by atoms with van der Waals surface area (Å²) in [7, 11) is -1.67. The van der Waals surface area contributed by atoms with Crippen molar-refractivity contribution < 1.29 is 37.5 Å². The molecule has 0 aliphatic carbocycles. The van der Waals surface area contributed by atoms with Crippen molar-refractivity contribution >= 4 is 47.7 Å². The van der Waals surface area contributed by atoms with Gasteiger partial charge in [0, 0.05) is 20.4 Å². The molecule has 0 aliphatic heterocycles. The van der Waals surface area contributed by atoms with Gasteiger partial charge in [-0.05, 0) is 59.1 Å². The molecule has 0 aromatic heterocycles. The molecule has 0 radical (unpaired) electrons. The summed E-state index contributed by atoms with van der Waals surface area (Å²) in [6, 6.07) is 60.8. The average molecular weight is 663 g/mol. The van der Waals surface area contributed by atoms with Crippen molar-refractivity contribution in [2.75, 3.05) is 0 Å². The van der Waals surface area contributed by atoms with Crippen LogP contribution in [0.5, 0.6) is 0 Å². The molecule has 4 heteroatoms. The second-order valence-corrected chi connectivity index (χ2v) is 13.5. The monoisotopic (exact) mass is 662 g/mol. The molecule has 38 heavy (non-hydrogen) atoms. The Morgan fingerprint density at radius 2 is 0.605 bits per heavy atom. The summed E-state index contributed by atoms with van der Waals surface area (Å²) in [6.45, 7) is 0. The third kappa shape index (κ3) is 7.82. The second kappa shape index (κ2) is 15.9. The molecule has 192 valence electrons. The fraction of sp³-hybridized carbons (Fsp3) is 0. The van der Waals surface area contributed by atoms with E-state index < -0.39 is 15.8 Å². The first-order valence-electron chi connectivity index (χ1n) is 12.3. The van der Waals surface area contributed by atoms with Crippen LogP contribution in [0.3, 0.4) is 0 Å². The van der Waals surface area contributed by atoms with Gasteiger partial charge in [-0.3, -0.25) is 0 Å². The molecule has 6 aromatic rings. The van der Waals surface area contributed by atoms with Crippen molar-refractivity contribution in [3.8, 4) is 0 Å². The summed E-state index contributed by atoms with van der Waals surface area (Å²) >= 11 is 0. The molecule has 0 saturated heterocycles. The molecule has 6 rings (SSSR count). The Morgan fingerprint density at radius 1 is 0.342 bits per heavy atom. The van der Waals surface area contributed by atoms with E-state index in [1.54, 1.807) is 0 Å². The van der Waals surface area contributed by atoms with Gasteiger partial charge < -0.3 is 0 Å². The third-order valence-electron chi connectivity index (χ3n) is 6.15. The summed E-state index contributed by atoms with van der Waals surface area (Å²) in [5.41, 5.74) is 0. The fourth-order valence-corrected chi connectivity index (χ4v) is 9.66. The van der Waals surface area contributed by atoms with Crippen LogP contribution in [0.4, 0.5) is 0 Å². The Morgan fingerprint density at radius 3 is 0.816 bits per heavy atom. The van der Waals surface area contributed by atoms with Gasteiger partial charge in [0.05, 0.1) is 37.1 Å². The van der Waals surface area contributed by atoms with E-state index in [-0.39, 0.29) is 37.5 Å². The summed E-state index contributed by atoms with van der Waals surface area (Å²) in [6.07, 6.45) is 0. The van der Waals surface area contributed by atoms with Gasteiger partial charge in [-0.15, -0.1) is 12.1 Å². The zero-order valence-corrected chi connectivity index (χ0v) is 25.5. The quantitative estimate of drug-likeness (QED) is 0.121. The van der Waals surface area contributed by atoms with E-state index in [0.717, 1.165) is 0 Å². The van der Waals surface area contributed by atoms with Crippen molar-refractivity contribution in [3.05, 3.63) is 170 Å². The first-order valence-corrected chi connectivity index (χ1v) is 15.3. The molecule has 0 aliphatic rings. The minimum Gasteiger partial charge on any atom is -0.210 e. The molecule has 0 spiro atoms. The Hall–Kier alpha value is -2.38. The summed E-state index contributed by atoms with van der Waals surface area (Å²) < 4.78 is 0. The normalized spacial score (nSPS) is 10.2. The van der Waals surface area contributed by atoms with Crippen LogP contribution in [-0.2, 0) is 37.5 Å². The Balaban J connectivity index is 0.000000200. The van der Waals surface area contributed by atoms with Gasteiger partial charge in [0.2, 0.25) is 0 Å². The van der Waals surface area contributed by atoms with E-state index in [1.807, 2.05) is 0 Å². The van der Waals surface area contributed by atoms with Crippen LogP contribution >= 0.6 is 15.8 Å². The van der Waals surface area contributed by atoms with Crippen molar-refractivity contribution in [1.29, 1.82) is 0 Å². The zero-order valence-electron chi connectivity index (χ0n) is 20.8. The molecule has 0 heterocycles. The van der Waals surface area contributed by atoms with Crippen LogP contribution in [-0.4, -0.2) is 0 Å². The van der Waals surface area contributed by atoms with Crippen LogP contribution in [0.25, 0.3) is 0 Å². The molecular formula is C34H30FeP2Pd+2. The van der Waals surface area contributed by atoms with E-state index in [2.05, 4.69) is 170 Å². The minimum absolute atomic E-state index is 0. The second-order valence-electron chi connectivity index (χ2n) is 8.56. The predicted molar refractivity (Wildman–Crippen MR) is 164 cm³/mol. The van der Waals surface area contributed by atoms with Gasteiger partial charge in [0.1, 0.15) is 0 Å². The average Bonchev–Trinajstić information content (AvgIpc) is 3.68. The Kier molecular flexibility index (Phi) is 12.6. The van der Waals surface area contributed by atoms with Crippen molar-refractivity contribution in [2.45, 2.75) is 0 Å². The molecule has 0 fully saturated rings. The Labute approximate surface area is 253 Å². The van der Waals surface area contributed by atoms with E-state index >= 15 is 0 Å². The maximum Gasteiger partial charge on any atom is 2.00 e. The first kappa shape index (κ1) is 30.2. The standard InChI is InChI=1S/2C17H14P.Fe.Pd/c2*1-3-9-15(10-4-1)18(17-13-7-8-14-17)16-11-5-2-6-12-16;;/h2*1-14H;;/q2*-1;+2;/p+2. The first-order chi connectivity index (χ1) is 17.9. The number of benzene rings is 4. The van der Waals surface area contributed by atoms with Crippen molar-refractivity contribution in [1.82, 2.24) is 0 Å². The van der Waals surface area contributed by atoms with Gasteiger partial charge in [-0.2, -0.15) is 24.3 Å². The maximum absolute atomic E-state index is 2.24. The Bertz CT molecular complexity index is 1210. The van der Waals surface area contributed by atoms with Crippen LogP contribution < -0.4 is 31.8 Å². The topological polar surface area (TPSA) is 0 Å². The summed E-state index contributed by atoms with van der Waals surface area (Å²) in [5.74, 6) is 0. The molecule has 0 amide bonds. The number of rotatable bonds is 6. The molecule has 0 unspecified atom stereocenters. The van der Waals surface area contributed by atoms with Crippen molar-refractivity contribution in [2.24, 2.45) is 0 Å². The molecule has 0 saturated carbocycles. The van der Waals surface area contributed by atoms with E-state index in [9.17, 15) is 0 Å². The molecule has 0 nitrogen and oxygen atoms in total. The van der Waals surface area contributed by atoms with E-state index in [1.165, 1.54) is 31.8 Å². The van der Waals surface area contributed by atoms with Crippen LogP contribution in [0.1, 0.15) is 0 Å². The SMILES string of the molecule is [Fe+2].[Pd].c1ccc([PH+](c2ccccc2)c2ccc[cH-]2)cc1.c1ccc([PH+](c2ccccc2)c2ccc[cH-]2)cc1. The van der Waals surface area contributed by atoms with Crippen molar-refractivity contribution in [3.63, 3.8) is 0 Å². The van der Waals surface area contributed by atoms with Crippen LogP contribution in [0.2, 0.25) is 0 Å². The van der Waals surface area contributed by atoms with Gasteiger partial charge in [-0.25, -0.2) is 12.1 Å². The zero-order chi connectivity index (χ0) is 24.4. The number of hydrogen-bond donors (Lipinski definition) is 0. The van der Waals surface area contributed by atoms with Gasteiger partial charge in [0.15, 0.2) is 0 Å². The predicted octanol–water partition coefficient (Wildman–Crippen LogP) is 5.79. The number of hydrogen-bond acceptors (Lipinski definition) is 0. The molecule has 0 N–H and O–H groups in total. The molecule has 6 aromatic carbocycles. The summed E-state index contributed by atoms with van der Waals surface area (Å²) in [4.78, 5) is 0. The van der Waals surface area contributed by atoms with E-state index in [4.69, 9.17) is 0 Å². The van der Waals surface area contributed by atoms with Gasteiger partial charge >= 0.3 is 17.1 Å². The minimum atomic E-state index is -0.834. The smallest absolute Gasteiger partial charge is 0.210 e. The van der Waals surface area contributed by atoms with Crippen LogP contribution in [0, 0.1) is 0 Å².